The average Bonchev–Trinajstić information content (AvgIpc) is 2.59. The first-order valence-electron chi connectivity index (χ1n) is 4.26. The minimum atomic E-state index is -0.946. The lowest BCUT2D eigenvalue weighted by atomic mass is 10.2. The molecule has 15 heavy (non-hydrogen) atoms. The van der Waals surface area contributed by atoms with Crippen LogP contribution >= 0.6 is 22.9 Å². The molecule has 2 aromatic rings. The minimum Gasteiger partial charge on any atom is -0.478 e. The summed E-state index contributed by atoms with van der Waals surface area (Å²) in [5, 5.41) is 10.2. The van der Waals surface area contributed by atoms with Crippen LogP contribution in [0.3, 0.4) is 0 Å². The normalized spacial score (nSPS) is 11.3. The topological polar surface area (TPSA) is 37.3 Å². The fourth-order valence-electron chi connectivity index (χ4n) is 1.28. The fourth-order valence-corrected chi connectivity index (χ4v) is 2.55. The van der Waals surface area contributed by atoms with Gasteiger partial charge in [-0.25, -0.2) is 4.79 Å². The molecule has 1 N–H and O–H groups in total. The van der Waals surface area contributed by atoms with Crippen LogP contribution in [0.1, 0.15) is 4.88 Å². The zero-order valence-corrected chi connectivity index (χ0v) is 9.18. The van der Waals surface area contributed by atoms with Crippen LogP contribution in [0.2, 0.25) is 5.02 Å². The molecule has 0 saturated heterocycles. The number of aliphatic carboxylic acids is 1. The van der Waals surface area contributed by atoms with Gasteiger partial charge in [-0.3, -0.25) is 0 Å². The van der Waals surface area contributed by atoms with E-state index in [1.807, 2.05) is 24.3 Å². The van der Waals surface area contributed by atoms with Gasteiger partial charge in [0.15, 0.2) is 0 Å². The van der Waals surface area contributed by atoms with Crippen molar-refractivity contribution in [1.29, 1.82) is 0 Å². The molecule has 1 aromatic heterocycles. The Morgan fingerprint density at radius 1 is 1.47 bits per heavy atom. The van der Waals surface area contributed by atoms with Gasteiger partial charge in [-0.1, -0.05) is 23.7 Å². The van der Waals surface area contributed by atoms with Gasteiger partial charge in [0, 0.05) is 11.0 Å². The smallest absolute Gasteiger partial charge is 0.328 e. The Hall–Kier alpha value is -1.32. The number of carbonyl (C=O) groups is 1. The van der Waals surface area contributed by atoms with Gasteiger partial charge in [0.25, 0.3) is 0 Å². The average molecular weight is 239 g/mol. The standard InChI is InChI=1S/C11H7ClO2S/c12-9-3-1-2-7-6-8(15-11(7)9)4-5-10(13)14/h1-6H,(H,13,14)/b5-4+. The molecule has 0 fully saturated rings. The van der Waals surface area contributed by atoms with Crippen molar-refractivity contribution in [2.45, 2.75) is 0 Å². The van der Waals surface area contributed by atoms with Crippen LogP contribution in [0, 0.1) is 0 Å². The molecule has 0 saturated carbocycles. The summed E-state index contributed by atoms with van der Waals surface area (Å²) in [4.78, 5) is 11.2. The quantitative estimate of drug-likeness (QED) is 0.811. The summed E-state index contributed by atoms with van der Waals surface area (Å²) in [5.74, 6) is -0.946. The number of thiophene rings is 1. The molecule has 0 aliphatic carbocycles. The van der Waals surface area contributed by atoms with Crippen molar-refractivity contribution in [3.63, 3.8) is 0 Å². The summed E-state index contributed by atoms with van der Waals surface area (Å²) in [7, 11) is 0. The second-order valence-corrected chi connectivity index (χ2v) is 4.47. The van der Waals surface area contributed by atoms with Crippen LogP contribution in [0.15, 0.2) is 30.3 Å². The summed E-state index contributed by atoms with van der Waals surface area (Å²) >= 11 is 7.49. The zero-order valence-electron chi connectivity index (χ0n) is 7.61. The van der Waals surface area contributed by atoms with E-state index in [-0.39, 0.29) is 0 Å². The molecule has 1 heterocycles. The van der Waals surface area contributed by atoms with Gasteiger partial charge >= 0.3 is 5.97 Å². The Kier molecular flexibility index (Phi) is 2.75. The van der Waals surface area contributed by atoms with Crippen LogP contribution < -0.4 is 0 Å². The second kappa shape index (κ2) is 4.04. The van der Waals surface area contributed by atoms with Crippen molar-refractivity contribution in [2.75, 3.05) is 0 Å². The molecule has 76 valence electrons. The number of rotatable bonds is 2. The third-order valence-corrected chi connectivity index (χ3v) is 3.48. The lowest BCUT2D eigenvalue weighted by Gasteiger charge is -1.89. The molecule has 0 unspecified atom stereocenters. The van der Waals surface area contributed by atoms with E-state index in [0.717, 1.165) is 21.0 Å². The maximum absolute atomic E-state index is 10.3. The Bertz CT molecular complexity index is 543. The monoisotopic (exact) mass is 238 g/mol. The highest BCUT2D eigenvalue weighted by Gasteiger charge is 2.02. The maximum Gasteiger partial charge on any atom is 0.328 e. The number of carboxylic acid groups (broad SMARTS) is 1. The van der Waals surface area contributed by atoms with Crippen LogP contribution in [0.25, 0.3) is 16.2 Å². The van der Waals surface area contributed by atoms with Gasteiger partial charge < -0.3 is 5.11 Å². The molecule has 4 heteroatoms. The van der Waals surface area contributed by atoms with E-state index >= 15 is 0 Å². The Labute approximate surface area is 95.4 Å². The molecular formula is C11H7ClO2S. The highest BCUT2D eigenvalue weighted by atomic mass is 35.5. The van der Waals surface area contributed by atoms with E-state index in [1.165, 1.54) is 11.3 Å². The van der Waals surface area contributed by atoms with E-state index in [0.29, 0.717) is 5.02 Å². The minimum absolute atomic E-state index is 0.701. The summed E-state index contributed by atoms with van der Waals surface area (Å²) < 4.78 is 0.990. The maximum atomic E-state index is 10.3. The molecule has 0 aliphatic heterocycles. The van der Waals surface area contributed by atoms with E-state index in [2.05, 4.69) is 0 Å². The Morgan fingerprint density at radius 3 is 2.93 bits per heavy atom. The van der Waals surface area contributed by atoms with Gasteiger partial charge in [0.2, 0.25) is 0 Å². The SMILES string of the molecule is O=C(O)/C=C/c1cc2cccc(Cl)c2s1. The van der Waals surface area contributed by atoms with Gasteiger partial charge in [-0.15, -0.1) is 11.3 Å². The molecule has 0 aliphatic rings. The first-order valence-corrected chi connectivity index (χ1v) is 5.45. The summed E-state index contributed by atoms with van der Waals surface area (Å²) in [6.07, 6.45) is 2.70. The van der Waals surface area contributed by atoms with Crippen LogP contribution in [0.5, 0.6) is 0 Å². The third-order valence-electron chi connectivity index (χ3n) is 1.91. The molecule has 0 radical (unpaired) electrons. The fraction of sp³-hybridized carbons (Fsp3) is 0. The number of hydrogen-bond acceptors (Lipinski definition) is 2. The predicted molar refractivity (Wildman–Crippen MR) is 63.5 cm³/mol. The van der Waals surface area contributed by atoms with Crippen LogP contribution in [-0.4, -0.2) is 11.1 Å². The van der Waals surface area contributed by atoms with Gasteiger partial charge in [0.05, 0.1) is 9.72 Å². The van der Waals surface area contributed by atoms with Crippen molar-refractivity contribution in [2.24, 2.45) is 0 Å². The van der Waals surface area contributed by atoms with Crippen LogP contribution in [-0.2, 0) is 4.79 Å². The van der Waals surface area contributed by atoms with Gasteiger partial charge in [-0.05, 0) is 23.6 Å². The number of fused-ring (bicyclic) bond motifs is 1. The first-order chi connectivity index (χ1) is 7.16. The molecule has 0 amide bonds. The highest BCUT2D eigenvalue weighted by molar-refractivity contribution is 7.20. The van der Waals surface area contributed by atoms with Crippen molar-refractivity contribution in [3.05, 3.63) is 40.2 Å². The summed E-state index contributed by atoms with van der Waals surface area (Å²) in [6, 6.07) is 7.58. The van der Waals surface area contributed by atoms with Gasteiger partial charge in [-0.2, -0.15) is 0 Å². The Morgan fingerprint density at radius 2 is 2.27 bits per heavy atom. The highest BCUT2D eigenvalue weighted by Crippen LogP contribution is 2.32. The van der Waals surface area contributed by atoms with Crippen molar-refractivity contribution < 1.29 is 9.90 Å². The van der Waals surface area contributed by atoms with Gasteiger partial charge in [0.1, 0.15) is 0 Å². The lowest BCUT2D eigenvalue weighted by Crippen LogP contribution is -1.84. The molecule has 0 spiro atoms. The van der Waals surface area contributed by atoms with E-state index in [1.54, 1.807) is 6.08 Å². The van der Waals surface area contributed by atoms with Crippen LogP contribution in [0.4, 0.5) is 0 Å². The van der Waals surface area contributed by atoms with E-state index < -0.39 is 5.97 Å². The number of carboxylic acids is 1. The predicted octanol–water partition coefficient (Wildman–Crippen LogP) is 3.65. The molecule has 0 atom stereocenters. The second-order valence-electron chi connectivity index (χ2n) is 2.98. The zero-order chi connectivity index (χ0) is 10.8. The van der Waals surface area contributed by atoms with E-state index in [9.17, 15) is 4.79 Å². The number of halogens is 1. The van der Waals surface area contributed by atoms with Crippen molar-refractivity contribution >= 4 is 45.1 Å². The van der Waals surface area contributed by atoms with Crippen molar-refractivity contribution in [3.8, 4) is 0 Å². The third kappa shape index (κ3) is 2.19. The van der Waals surface area contributed by atoms with E-state index in [4.69, 9.17) is 16.7 Å². The Balaban J connectivity index is 2.48. The molecular weight excluding hydrogens is 232 g/mol. The first kappa shape index (κ1) is 10.2. The summed E-state index contributed by atoms with van der Waals surface area (Å²) in [6.45, 7) is 0. The molecule has 0 bridgehead atoms. The lowest BCUT2D eigenvalue weighted by molar-refractivity contribution is -0.131. The molecule has 2 rings (SSSR count). The summed E-state index contributed by atoms with van der Waals surface area (Å²) in [5.41, 5.74) is 0. The largest absolute Gasteiger partial charge is 0.478 e. The van der Waals surface area contributed by atoms with Crippen molar-refractivity contribution in [1.82, 2.24) is 0 Å². The number of hydrogen-bond donors (Lipinski definition) is 1. The molecule has 1 aromatic carbocycles. The molecule has 2 nitrogen and oxygen atoms in total. The number of benzene rings is 1.